The van der Waals surface area contributed by atoms with E-state index in [9.17, 15) is 4.79 Å². The largest absolute Gasteiger partial charge is 0.353 e. The fraction of sp³-hybridized carbons (Fsp3) is 0.615. The summed E-state index contributed by atoms with van der Waals surface area (Å²) in [6.07, 6.45) is 3.45. The Morgan fingerprint density at radius 3 is 2.65 bits per heavy atom. The number of halogens is 1. The molecule has 2 heterocycles. The van der Waals surface area contributed by atoms with Gasteiger partial charge in [-0.25, -0.2) is 4.98 Å². The van der Waals surface area contributed by atoms with Gasteiger partial charge in [-0.15, -0.1) is 0 Å². The SMILES string of the molecule is CC(C)NC(=O)CN1CCN(c2cncc(Br)n2)CC1. The molecule has 1 fully saturated rings. The molecule has 0 saturated carbocycles. The van der Waals surface area contributed by atoms with Crippen LogP contribution in [0.1, 0.15) is 13.8 Å². The zero-order valence-electron chi connectivity index (χ0n) is 11.8. The van der Waals surface area contributed by atoms with E-state index in [1.54, 1.807) is 12.4 Å². The highest BCUT2D eigenvalue weighted by molar-refractivity contribution is 9.10. The van der Waals surface area contributed by atoms with Crippen molar-refractivity contribution >= 4 is 27.7 Å². The molecule has 0 unspecified atom stereocenters. The molecule has 0 aromatic carbocycles. The van der Waals surface area contributed by atoms with Crippen molar-refractivity contribution in [3.8, 4) is 0 Å². The quantitative estimate of drug-likeness (QED) is 0.881. The highest BCUT2D eigenvalue weighted by Gasteiger charge is 2.20. The molecule has 7 heteroatoms. The number of aromatic nitrogens is 2. The maximum absolute atomic E-state index is 11.7. The number of hydrogen-bond donors (Lipinski definition) is 1. The van der Waals surface area contributed by atoms with Crippen molar-refractivity contribution in [2.45, 2.75) is 19.9 Å². The molecule has 1 aliphatic heterocycles. The molecule has 6 nitrogen and oxygen atoms in total. The van der Waals surface area contributed by atoms with Gasteiger partial charge in [0.1, 0.15) is 10.4 Å². The molecule has 1 aliphatic rings. The van der Waals surface area contributed by atoms with Gasteiger partial charge in [-0.3, -0.25) is 14.7 Å². The van der Waals surface area contributed by atoms with Gasteiger partial charge in [0, 0.05) is 32.2 Å². The smallest absolute Gasteiger partial charge is 0.234 e. The lowest BCUT2D eigenvalue weighted by atomic mass is 10.3. The molecule has 0 spiro atoms. The van der Waals surface area contributed by atoms with Crippen LogP contribution >= 0.6 is 15.9 Å². The summed E-state index contributed by atoms with van der Waals surface area (Å²) in [5, 5.41) is 2.92. The van der Waals surface area contributed by atoms with Crippen LogP contribution in [0.3, 0.4) is 0 Å². The van der Waals surface area contributed by atoms with Crippen LogP contribution in [0, 0.1) is 0 Å². The standard InChI is InChI=1S/C13H20BrN5O/c1-10(2)16-13(20)9-18-3-5-19(6-4-18)12-8-15-7-11(14)17-12/h7-8,10H,3-6,9H2,1-2H3,(H,16,20). The van der Waals surface area contributed by atoms with Gasteiger partial charge in [-0.1, -0.05) is 0 Å². The lowest BCUT2D eigenvalue weighted by molar-refractivity contribution is -0.122. The van der Waals surface area contributed by atoms with E-state index in [1.807, 2.05) is 13.8 Å². The molecule has 0 atom stereocenters. The summed E-state index contributed by atoms with van der Waals surface area (Å²) >= 11 is 3.33. The minimum Gasteiger partial charge on any atom is -0.353 e. The second-order valence-electron chi connectivity index (χ2n) is 5.19. The predicted octanol–water partition coefficient (Wildman–Crippen LogP) is 0.886. The summed E-state index contributed by atoms with van der Waals surface area (Å²) in [6.45, 7) is 7.86. The molecular formula is C13H20BrN5O. The van der Waals surface area contributed by atoms with Gasteiger partial charge in [0.05, 0.1) is 18.9 Å². The number of piperazine rings is 1. The van der Waals surface area contributed by atoms with Crippen molar-refractivity contribution in [2.24, 2.45) is 0 Å². The highest BCUT2D eigenvalue weighted by atomic mass is 79.9. The van der Waals surface area contributed by atoms with Gasteiger partial charge in [-0.05, 0) is 29.8 Å². The number of carbonyl (C=O) groups excluding carboxylic acids is 1. The van der Waals surface area contributed by atoms with Crippen molar-refractivity contribution in [3.63, 3.8) is 0 Å². The predicted molar refractivity (Wildman–Crippen MR) is 81.7 cm³/mol. The zero-order chi connectivity index (χ0) is 14.5. The summed E-state index contributed by atoms with van der Waals surface area (Å²) in [5.74, 6) is 0.973. The van der Waals surface area contributed by atoms with Gasteiger partial charge < -0.3 is 10.2 Å². The number of anilines is 1. The topological polar surface area (TPSA) is 61.4 Å². The second kappa shape index (κ2) is 6.99. The summed E-state index contributed by atoms with van der Waals surface area (Å²) in [5.41, 5.74) is 0. The maximum Gasteiger partial charge on any atom is 0.234 e. The maximum atomic E-state index is 11.7. The Kier molecular flexibility index (Phi) is 5.31. The van der Waals surface area contributed by atoms with E-state index in [1.165, 1.54) is 0 Å². The fourth-order valence-electron chi connectivity index (χ4n) is 2.19. The molecule has 0 aliphatic carbocycles. The van der Waals surface area contributed by atoms with Gasteiger partial charge in [0.15, 0.2) is 0 Å². The molecule has 1 N–H and O–H groups in total. The van der Waals surface area contributed by atoms with Gasteiger partial charge in [0.25, 0.3) is 0 Å². The normalized spacial score (nSPS) is 16.5. The van der Waals surface area contributed by atoms with Crippen molar-refractivity contribution in [2.75, 3.05) is 37.6 Å². The second-order valence-corrected chi connectivity index (χ2v) is 6.00. The molecule has 0 radical (unpaired) electrons. The number of nitrogens with one attached hydrogen (secondary N) is 1. The van der Waals surface area contributed by atoms with Gasteiger partial charge >= 0.3 is 0 Å². The Labute approximate surface area is 127 Å². The Morgan fingerprint density at radius 1 is 1.35 bits per heavy atom. The van der Waals surface area contributed by atoms with Crippen molar-refractivity contribution in [3.05, 3.63) is 17.0 Å². The minimum atomic E-state index is 0.0932. The number of nitrogens with zero attached hydrogens (tertiary/aromatic N) is 4. The summed E-state index contributed by atoms with van der Waals surface area (Å²) in [6, 6.07) is 0.195. The molecule has 20 heavy (non-hydrogen) atoms. The van der Waals surface area contributed by atoms with E-state index in [2.05, 4.69) is 41.0 Å². The molecule has 0 bridgehead atoms. The monoisotopic (exact) mass is 341 g/mol. The third kappa shape index (κ3) is 4.42. The summed E-state index contributed by atoms with van der Waals surface area (Å²) < 4.78 is 0.744. The van der Waals surface area contributed by atoms with Crippen LogP contribution in [0.5, 0.6) is 0 Å². The molecule has 2 rings (SSSR count). The first-order valence-electron chi connectivity index (χ1n) is 6.79. The first-order chi connectivity index (χ1) is 9.54. The molecule has 110 valence electrons. The number of hydrogen-bond acceptors (Lipinski definition) is 5. The summed E-state index contributed by atoms with van der Waals surface area (Å²) in [7, 11) is 0. The number of amides is 1. The highest BCUT2D eigenvalue weighted by Crippen LogP contribution is 2.15. The third-order valence-corrected chi connectivity index (χ3v) is 3.49. The average molecular weight is 342 g/mol. The van der Waals surface area contributed by atoms with Crippen LogP contribution in [-0.2, 0) is 4.79 Å². The van der Waals surface area contributed by atoms with Crippen molar-refractivity contribution in [1.29, 1.82) is 0 Å². The van der Waals surface area contributed by atoms with Crippen LogP contribution < -0.4 is 10.2 Å². The van der Waals surface area contributed by atoms with Crippen LogP contribution in [0.15, 0.2) is 17.0 Å². The van der Waals surface area contributed by atoms with Crippen LogP contribution in [0.2, 0.25) is 0 Å². The van der Waals surface area contributed by atoms with Crippen LogP contribution in [0.4, 0.5) is 5.82 Å². The molecule has 1 amide bonds. The van der Waals surface area contributed by atoms with E-state index >= 15 is 0 Å². The van der Waals surface area contributed by atoms with E-state index in [0.29, 0.717) is 6.54 Å². The van der Waals surface area contributed by atoms with E-state index in [-0.39, 0.29) is 11.9 Å². The Morgan fingerprint density at radius 2 is 2.05 bits per heavy atom. The average Bonchev–Trinajstić information content (AvgIpc) is 2.38. The molecule has 1 aromatic rings. The van der Waals surface area contributed by atoms with Crippen molar-refractivity contribution in [1.82, 2.24) is 20.2 Å². The minimum absolute atomic E-state index is 0.0932. The van der Waals surface area contributed by atoms with E-state index < -0.39 is 0 Å². The fourth-order valence-corrected chi connectivity index (χ4v) is 2.49. The lowest BCUT2D eigenvalue weighted by Gasteiger charge is -2.34. The van der Waals surface area contributed by atoms with Crippen LogP contribution in [0.25, 0.3) is 0 Å². The molecule has 1 saturated heterocycles. The Hall–Kier alpha value is -1.21. The number of rotatable bonds is 4. The molecule has 1 aromatic heterocycles. The van der Waals surface area contributed by atoms with E-state index in [4.69, 9.17) is 0 Å². The van der Waals surface area contributed by atoms with E-state index in [0.717, 1.165) is 36.6 Å². The molecular weight excluding hydrogens is 322 g/mol. The summed E-state index contributed by atoms with van der Waals surface area (Å²) in [4.78, 5) is 24.6. The third-order valence-electron chi connectivity index (χ3n) is 3.11. The Bertz CT molecular complexity index is 460. The number of carbonyl (C=O) groups is 1. The van der Waals surface area contributed by atoms with Crippen molar-refractivity contribution < 1.29 is 4.79 Å². The first-order valence-corrected chi connectivity index (χ1v) is 7.58. The van der Waals surface area contributed by atoms with Crippen LogP contribution in [-0.4, -0.2) is 59.5 Å². The first kappa shape index (κ1) is 15.2. The lowest BCUT2D eigenvalue weighted by Crippen LogP contribution is -2.50. The zero-order valence-corrected chi connectivity index (χ0v) is 13.4. The Balaban J connectivity index is 1.82. The van der Waals surface area contributed by atoms with Gasteiger partial charge in [-0.2, -0.15) is 0 Å². The van der Waals surface area contributed by atoms with Gasteiger partial charge in [0.2, 0.25) is 5.91 Å².